The zero-order valence-corrected chi connectivity index (χ0v) is 9.87. The van der Waals surface area contributed by atoms with Gasteiger partial charge >= 0.3 is 0 Å². The van der Waals surface area contributed by atoms with E-state index in [1.54, 1.807) is 0 Å². The lowest BCUT2D eigenvalue weighted by molar-refractivity contribution is 0.321. The second-order valence-electron chi connectivity index (χ2n) is 4.43. The summed E-state index contributed by atoms with van der Waals surface area (Å²) in [7, 11) is -0.867. The van der Waals surface area contributed by atoms with Crippen LogP contribution >= 0.6 is 0 Å². The largest absolute Gasteiger partial charge is 0.319 e. The predicted octanol–water partition coefficient (Wildman–Crippen LogP) is 1.06. The van der Waals surface area contributed by atoms with Crippen LogP contribution in [0.2, 0.25) is 0 Å². The van der Waals surface area contributed by atoms with E-state index in [0.29, 0.717) is 5.75 Å². The van der Waals surface area contributed by atoms with E-state index in [-0.39, 0.29) is 5.41 Å². The second-order valence-corrected chi connectivity index (χ2v) is 6.69. The number of rotatable bonds is 6. The van der Waals surface area contributed by atoms with Crippen molar-refractivity contribution in [3.8, 4) is 0 Å². The summed E-state index contributed by atoms with van der Waals surface area (Å²) in [6, 6.07) is 0. The molecule has 0 unspecified atom stereocenters. The van der Waals surface area contributed by atoms with Crippen molar-refractivity contribution in [3.63, 3.8) is 0 Å². The highest BCUT2D eigenvalue weighted by Gasteiger charge is 2.16. The maximum atomic E-state index is 10.9. The van der Waals surface area contributed by atoms with Crippen LogP contribution in [0.1, 0.15) is 26.7 Å². The molecule has 80 valence electrons. The van der Waals surface area contributed by atoms with E-state index in [2.05, 4.69) is 19.2 Å². The molecule has 0 spiro atoms. The SMILES string of the molecule is CNCC(C)(C)CCCS(C)(=O)=O. The van der Waals surface area contributed by atoms with Crippen molar-refractivity contribution in [1.82, 2.24) is 5.32 Å². The molecule has 0 rings (SSSR count). The Morgan fingerprint density at radius 1 is 1.31 bits per heavy atom. The lowest BCUT2D eigenvalue weighted by Crippen LogP contribution is -2.27. The Kier molecular flexibility index (Phi) is 4.92. The molecule has 3 nitrogen and oxygen atoms in total. The van der Waals surface area contributed by atoms with Crippen molar-refractivity contribution in [2.24, 2.45) is 5.41 Å². The predicted molar refractivity (Wildman–Crippen MR) is 56.7 cm³/mol. The first-order chi connectivity index (χ1) is 5.77. The van der Waals surface area contributed by atoms with Gasteiger partial charge in [-0.15, -0.1) is 0 Å². The summed E-state index contributed by atoms with van der Waals surface area (Å²) >= 11 is 0. The van der Waals surface area contributed by atoms with Crippen molar-refractivity contribution in [1.29, 1.82) is 0 Å². The fourth-order valence-electron chi connectivity index (χ4n) is 1.38. The van der Waals surface area contributed by atoms with Gasteiger partial charge in [-0.25, -0.2) is 8.42 Å². The minimum Gasteiger partial charge on any atom is -0.319 e. The molecule has 0 saturated heterocycles. The van der Waals surface area contributed by atoms with Crippen molar-refractivity contribution in [3.05, 3.63) is 0 Å². The minimum atomic E-state index is -2.78. The van der Waals surface area contributed by atoms with Crippen LogP contribution in [0.3, 0.4) is 0 Å². The van der Waals surface area contributed by atoms with Crippen LogP contribution in [0, 0.1) is 5.41 Å². The topological polar surface area (TPSA) is 46.2 Å². The standard InChI is InChI=1S/C9H21NO2S/c1-9(2,8-10-3)6-5-7-13(4,11)12/h10H,5-8H2,1-4H3. The van der Waals surface area contributed by atoms with Gasteiger partial charge < -0.3 is 5.32 Å². The molecule has 0 bridgehead atoms. The van der Waals surface area contributed by atoms with E-state index in [4.69, 9.17) is 0 Å². The van der Waals surface area contributed by atoms with Gasteiger partial charge in [-0.05, 0) is 31.8 Å². The second kappa shape index (κ2) is 4.96. The number of hydrogen-bond acceptors (Lipinski definition) is 3. The molecule has 0 fully saturated rings. The molecule has 0 aliphatic carbocycles. The molecule has 0 radical (unpaired) electrons. The normalized spacial score (nSPS) is 13.2. The monoisotopic (exact) mass is 207 g/mol. The van der Waals surface area contributed by atoms with Crippen LogP contribution in [0.4, 0.5) is 0 Å². The molecule has 0 saturated carbocycles. The Morgan fingerprint density at radius 2 is 1.85 bits per heavy atom. The van der Waals surface area contributed by atoms with Crippen LogP contribution in [-0.4, -0.2) is 34.0 Å². The quantitative estimate of drug-likeness (QED) is 0.708. The lowest BCUT2D eigenvalue weighted by atomic mass is 9.88. The van der Waals surface area contributed by atoms with Gasteiger partial charge in [-0.2, -0.15) is 0 Å². The molecular weight excluding hydrogens is 186 g/mol. The molecule has 0 amide bonds. The first-order valence-corrected chi connectivity index (χ1v) is 6.65. The third-order valence-electron chi connectivity index (χ3n) is 2.02. The zero-order chi connectivity index (χ0) is 10.5. The molecule has 13 heavy (non-hydrogen) atoms. The van der Waals surface area contributed by atoms with E-state index >= 15 is 0 Å². The summed E-state index contributed by atoms with van der Waals surface area (Å²) in [4.78, 5) is 0. The molecule has 4 heteroatoms. The highest BCUT2D eigenvalue weighted by molar-refractivity contribution is 7.90. The third kappa shape index (κ3) is 8.25. The number of sulfone groups is 1. The first-order valence-electron chi connectivity index (χ1n) is 4.59. The molecular formula is C9H21NO2S. The summed E-state index contributed by atoms with van der Waals surface area (Å²) in [6.45, 7) is 5.22. The number of nitrogens with one attached hydrogen (secondary N) is 1. The highest BCUT2D eigenvalue weighted by atomic mass is 32.2. The smallest absolute Gasteiger partial charge is 0.147 e. The van der Waals surface area contributed by atoms with Crippen molar-refractivity contribution in [2.75, 3.05) is 25.6 Å². The van der Waals surface area contributed by atoms with Gasteiger partial charge in [0.2, 0.25) is 0 Å². The van der Waals surface area contributed by atoms with Crippen LogP contribution < -0.4 is 5.32 Å². The van der Waals surface area contributed by atoms with Gasteiger partial charge in [-0.1, -0.05) is 13.8 Å². The van der Waals surface area contributed by atoms with Gasteiger partial charge in [0.25, 0.3) is 0 Å². The Morgan fingerprint density at radius 3 is 2.23 bits per heavy atom. The van der Waals surface area contributed by atoms with Gasteiger partial charge in [0.15, 0.2) is 0 Å². The van der Waals surface area contributed by atoms with Crippen molar-refractivity contribution < 1.29 is 8.42 Å². The first kappa shape index (κ1) is 12.9. The Balaban J connectivity index is 3.76. The highest BCUT2D eigenvalue weighted by Crippen LogP contribution is 2.21. The molecule has 0 aromatic heterocycles. The van der Waals surface area contributed by atoms with Crippen LogP contribution in [0.25, 0.3) is 0 Å². The van der Waals surface area contributed by atoms with Crippen molar-refractivity contribution >= 4 is 9.84 Å². The summed E-state index contributed by atoms with van der Waals surface area (Å²) < 4.78 is 21.7. The minimum absolute atomic E-state index is 0.194. The molecule has 0 aromatic rings. The molecule has 0 aliphatic heterocycles. The Labute approximate surface area is 81.8 Å². The summed E-state index contributed by atoms with van der Waals surface area (Å²) in [5.74, 6) is 0.306. The molecule has 0 heterocycles. The fourth-order valence-corrected chi connectivity index (χ4v) is 2.05. The summed E-state index contributed by atoms with van der Waals surface area (Å²) in [5, 5.41) is 3.11. The third-order valence-corrected chi connectivity index (χ3v) is 3.05. The molecule has 0 aromatic carbocycles. The van der Waals surface area contributed by atoms with E-state index in [0.717, 1.165) is 19.4 Å². The summed E-state index contributed by atoms with van der Waals surface area (Å²) in [6.07, 6.45) is 2.99. The fraction of sp³-hybridized carbons (Fsp3) is 1.00. The van der Waals surface area contributed by atoms with Gasteiger partial charge in [0, 0.05) is 12.0 Å². The van der Waals surface area contributed by atoms with Crippen LogP contribution in [-0.2, 0) is 9.84 Å². The molecule has 0 atom stereocenters. The lowest BCUT2D eigenvalue weighted by Gasteiger charge is -2.23. The zero-order valence-electron chi connectivity index (χ0n) is 9.05. The van der Waals surface area contributed by atoms with Gasteiger partial charge in [-0.3, -0.25) is 0 Å². The van der Waals surface area contributed by atoms with Crippen LogP contribution in [0.5, 0.6) is 0 Å². The maximum Gasteiger partial charge on any atom is 0.147 e. The Hall–Kier alpha value is -0.0900. The van der Waals surface area contributed by atoms with Crippen LogP contribution in [0.15, 0.2) is 0 Å². The van der Waals surface area contributed by atoms with E-state index < -0.39 is 9.84 Å². The van der Waals surface area contributed by atoms with E-state index in [1.165, 1.54) is 6.26 Å². The van der Waals surface area contributed by atoms with E-state index in [9.17, 15) is 8.42 Å². The average molecular weight is 207 g/mol. The summed E-state index contributed by atoms with van der Waals surface area (Å²) in [5.41, 5.74) is 0.194. The average Bonchev–Trinajstić information content (AvgIpc) is 1.82. The Bertz CT molecular complexity index is 232. The number of hydrogen-bond donors (Lipinski definition) is 1. The molecule has 1 N–H and O–H groups in total. The van der Waals surface area contributed by atoms with Crippen molar-refractivity contribution in [2.45, 2.75) is 26.7 Å². The van der Waals surface area contributed by atoms with E-state index in [1.807, 2.05) is 7.05 Å². The van der Waals surface area contributed by atoms with Gasteiger partial charge in [0.05, 0.1) is 0 Å². The maximum absolute atomic E-state index is 10.9. The van der Waals surface area contributed by atoms with Gasteiger partial charge in [0.1, 0.15) is 9.84 Å². The molecule has 0 aliphatic rings.